The molecule has 0 aromatic heterocycles. The number of hydrogen-bond donors (Lipinski definition) is 0. The first-order chi connectivity index (χ1) is 9.71. The number of ether oxygens (including phenoxy) is 4. The molecule has 1 saturated heterocycles. The third-order valence-electron chi connectivity index (χ3n) is 3.99. The molecule has 0 aromatic rings. The third-order valence-corrected chi connectivity index (χ3v) is 3.99. The van der Waals surface area contributed by atoms with Gasteiger partial charge in [-0.05, 0) is 31.6 Å². The van der Waals surface area contributed by atoms with Gasteiger partial charge >= 0.3 is 0 Å². The largest absolute Gasteiger partial charge is 0.381 e. The predicted molar refractivity (Wildman–Crippen MR) is 79.7 cm³/mol. The van der Waals surface area contributed by atoms with Crippen LogP contribution in [0.1, 0.15) is 39.0 Å². The molecule has 0 radical (unpaired) electrons. The second-order valence-electron chi connectivity index (χ2n) is 5.57. The van der Waals surface area contributed by atoms with Gasteiger partial charge in [-0.15, -0.1) is 6.58 Å². The van der Waals surface area contributed by atoms with Gasteiger partial charge in [0.2, 0.25) is 0 Å². The van der Waals surface area contributed by atoms with Gasteiger partial charge < -0.3 is 18.9 Å². The van der Waals surface area contributed by atoms with Crippen molar-refractivity contribution in [1.82, 2.24) is 0 Å². The normalized spacial score (nSPS) is 28.2. The molecule has 4 atom stereocenters. The summed E-state index contributed by atoms with van der Waals surface area (Å²) in [4.78, 5) is 0. The van der Waals surface area contributed by atoms with Crippen LogP contribution in [0.3, 0.4) is 0 Å². The summed E-state index contributed by atoms with van der Waals surface area (Å²) in [5, 5.41) is 0. The summed E-state index contributed by atoms with van der Waals surface area (Å²) in [7, 11) is 3.40. The summed E-state index contributed by atoms with van der Waals surface area (Å²) in [6.07, 6.45) is 7.80. The van der Waals surface area contributed by atoms with Crippen LogP contribution in [-0.4, -0.2) is 45.9 Å². The molecule has 0 saturated carbocycles. The Hall–Kier alpha value is -0.420. The highest BCUT2D eigenvalue weighted by molar-refractivity contribution is 4.82. The Bertz CT molecular complexity index is 257. The second-order valence-corrected chi connectivity index (χ2v) is 5.57. The smallest absolute Gasteiger partial charge is 0.146 e. The minimum absolute atomic E-state index is 0.212. The van der Waals surface area contributed by atoms with Gasteiger partial charge in [-0.3, -0.25) is 0 Å². The molecule has 0 amide bonds. The van der Waals surface area contributed by atoms with E-state index >= 15 is 0 Å². The molecule has 1 aliphatic rings. The molecule has 1 fully saturated rings. The summed E-state index contributed by atoms with van der Waals surface area (Å²) in [5.41, 5.74) is 0. The van der Waals surface area contributed by atoms with Crippen LogP contribution >= 0.6 is 0 Å². The van der Waals surface area contributed by atoms with E-state index in [1.807, 2.05) is 6.08 Å². The third kappa shape index (κ3) is 6.35. The minimum atomic E-state index is 0.212. The first-order valence-corrected chi connectivity index (χ1v) is 7.57. The molecule has 0 unspecified atom stereocenters. The Balaban J connectivity index is 2.34. The van der Waals surface area contributed by atoms with Gasteiger partial charge in [0.15, 0.2) is 0 Å². The van der Waals surface area contributed by atoms with Crippen LogP contribution in [-0.2, 0) is 18.9 Å². The Morgan fingerprint density at radius 1 is 1.35 bits per heavy atom. The lowest BCUT2D eigenvalue weighted by Gasteiger charge is -2.36. The molecule has 0 bridgehead atoms. The van der Waals surface area contributed by atoms with E-state index in [9.17, 15) is 0 Å². The van der Waals surface area contributed by atoms with E-state index < -0.39 is 0 Å². The molecular formula is C16H30O4. The Labute approximate surface area is 123 Å². The lowest BCUT2D eigenvalue weighted by molar-refractivity contribution is -0.113. The second kappa shape index (κ2) is 10.3. The summed E-state index contributed by atoms with van der Waals surface area (Å²) in [6.45, 7) is 7.10. The van der Waals surface area contributed by atoms with Crippen molar-refractivity contribution in [2.24, 2.45) is 5.92 Å². The molecular weight excluding hydrogens is 256 g/mol. The van der Waals surface area contributed by atoms with E-state index in [1.54, 1.807) is 14.2 Å². The highest BCUT2D eigenvalue weighted by Gasteiger charge is 2.30. The van der Waals surface area contributed by atoms with Crippen molar-refractivity contribution in [3.8, 4) is 0 Å². The number of rotatable bonds is 10. The van der Waals surface area contributed by atoms with Gasteiger partial charge in [-0.2, -0.15) is 0 Å². The lowest BCUT2D eigenvalue weighted by Crippen LogP contribution is -2.37. The molecule has 1 heterocycles. The summed E-state index contributed by atoms with van der Waals surface area (Å²) in [5.74, 6) is 0.591. The molecule has 0 aliphatic carbocycles. The maximum atomic E-state index is 6.22. The molecule has 0 spiro atoms. The summed E-state index contributed by atoms with van der Waals surface area (Å²) >= 11 is 0. The molecule has 118 valence electrons. The Kier molecular flexibility index (Phi) is 9.10. The molecule has 1 rings (SSSR count). The molecule has 20 heavy (non-hydrogen) atoms. The average molecular weight is 286 g/mol. The Morgan fingerprint density at radius 3 is 2.80 bits per heavy atom. The first kappa shape index (κ1) is 17.6. The van der Waals surface area contributed by atoms with Crippen LogP contribution < -0.4 is 0 Å². The fourth-order valence-corrected chi connectivity index (χ4v) is 2.67. The van der Waals surface area contributed by atoms with Crippen molar-refractivity contribution < 1.29 is 18.9 Å². The topological polar surface area (TPSA) is 36.9 Å². The maximum Gasteiger partial charge on any atom is 0.146 e. The zero-order valence-electron chi connectivity index (χ0n) is 13.2. The maximum absolute atomic E-state index is 6.22. The zero-order valence-corrected chi connectivity index (χ0v) is 13.2. The van der Waals surface area contributed by atoms with Crippen molar-refractivity contribution in [3.05, 3.63) is 12.7 Å². The van der Waals surface area contributed by atoms with Crippen LogP contribution in [0.5, 0.6) is 0 Å². The molecule has 0 aromatic carbocycles. The van der Waals surface area contributed by atoms with Crippen LogP contribution in [0.15, 0.2) is 12.7 Å². The quantitative estimate of drug-likeness (QED) is 0.351. The van der Waals surface area contributed by atoms with Crippen molar-refractivity contribution in [2.75, 3.05) is 27.6 Å². The molecule has 4 nitrogen and oxygen atoms in total. The van der Waals surface area contributed by atoms with Crippen LogP contribution in [0.25, 0.3) is 0 Å². The van der Waals surface area contributed by atoms with Crippen molar-refractivity contribution in [3.63, 3.8) is 0 Å². The standard InChI is InChI=1S/C16H30O4/c1-5-6-15(18-4)11-16-13(2)7-8-14(20-16)9-10-19-12-17-3/h5,13-16H,1,6-12H2,2-4H3/t13-,14-,15-,16+/m0/s1. The fourth-order valence-electron chi connectivity index (χ4n) is 2.67. The van der Waals surface area contributed by atoms with E-state index in [2.05, 4.69) is 13.5 Å². The lowest BCUT2D eigenvalue weighted by atomic mass is 9.89. The highest BCUT2D eigenvalue weighted by Crippen LogP contribution is 2.30. The van der Waals surface area contributed by atoms with Crippen LogP contribution in [0, 0.1) is 5.92 Å². The predicted octanol–water partition coefficient (Wildman–Crippen LogP) is 3.16. The molecule has 4 heteroatoms. The molecule has 0 N–H and O–H groups in total. The number of hydrogen-bond acceptors (Lipinski definition) is 4. The van der Waals surface area contributed by atoms with Gasteiger partial charge in [0, 0.05) is 20.6 Å². The zero-order chi connectivity index (χ0) is 14.8. The van der Waals surface area contributed by atoms with Gasteiger partial charge in [-0.25, -0.2) is 0 Å². The monoisotopic (exact) mass is 286 g/mol. The van der Waals surface area contributed by atoms with E-state index in [-0.39, 0.29) is 12.2 Å². The van der Waals surface area contributed by atoms with Crippen LogP contribution in [0.4, 0.5) is 0 Å². The molecule has 1 aliphatic heterocycles. The van der Waals surface area contributed by atoms with Crippen molar-refractivity contribution in [1.29, 1.82) is 0 Å². The average Bonchev–Trinajstić information content (AvgIpc) is 2.46. The SMILES string of the molecule is C=CC[C@@H](C[C@H]1O[C@H](CCOCOC)CC[C@@H]1C)OC. The fraction of sp³-hybridized carbons (Fsp3) is 0.875. The highest BCUT2D eigenvalue weighted by atomic mass is 16.7. The van der Waals surface area contributed by atoms with Gasteiger partial charge in [0.05, 0.1) is 24.9 Å². The van der Waals surface area contributed by atoms with Crippen molar-refractivity contribution in [2.45, 2.75) is 57.3 Å². The van der Waals surface area contributed by atoms with Crippen molar-refractivity contribution >= 4 is 0 Å². The minimum Gasteiger partial charge on any atom is -0.381 e. The van der Waals surface area contributed by atoms with E-state index in [0.717, 1.165) is 25.7 Å². The van der Waals surface area contributed by atoms with E-state index in [0.29, 0.717) is 25.4 Å². The Morgan fingerprint density at radius 2 is 2.15 bits per heavy atom. The first-order valence-electron chi connectivity index (χ1n) is 7.57. The van der Waals surface area contributed by atoms with Gasteiger partial charge in [0.25, 0.3) is 0 Å². The van der Waals surface area contributed by atoms with E-state index in [4.69, 9.17) is 18.9 Å². The van der Waals surface area contributed by atoms with E-state index in [1.165, 1.54) is 6.42 Å². The number of methoxy groups -OCH3 is 2. The summed E-state index contributed by atoms with van der Waals surface area (Å²) < 4.78 is 21.9. The summed E-state index contributed by atoms with van der Waals surface area (Å²) in [6, 6.07) is 0. The van der Waals surface area contributed by atoms with Gasteiger partial charge in [-0.1, -0.05) is 13.0 Å². The van der Waals surface area contributed by atoms with Crippen LogP contribution in [0.2, 0.25) is 0 Å². The van der Waals surface area contributed by atoms with Gasteiger partial charge in [0.1, 0.15) is 6.79 Å².